The molecule has 0 amide bonds. The van der Waals surface area contributed by atoms with Crippen molar-refractivity contribution in [3.05, 3.63) is 0 Å². The van der Waals surface area contributed by atoms with Gasteiger partial charge >= 0.3 is 5.97 Å². The quantitative estimate of drug-likeness (QED) is 0.759. The van der Waals surface area contributed by atoms with Gasteiger partial charge in [-0.2, -0.15) is 11.8 Å². The van der Waals surface area contributed by atoms with Crippen molar-refractivity contribution < 1.29 is 9.90 Å². The van der Waals surface area contributed by atoms with Crippen molar-refractivity contribution in [1.82, 2.24) is 0 Å². The number of carbonyl (C=O) groups is 1. The lowest BCUT2D eigenvalue weighted by molar-refractivity contribution is -0.145. The van der Waals surface area contributed by atoms with E-state index in [1.807, 2.05) is 11.8 Å². The topological polar surface area (TPSA) is 37.3 Å². The lowest BCUT2D eigenvalue weighted by Crippen LogP contribution is -2.37. The summed E-state index contributed by atoms with van der Waals surface area (Å²) in [5, 5.41) is 9.16. The van der Waals surface area contributed by atoms with Crippen LogP contribution in [0.15, 0.2) is 0 Å². The first-order valence-corrected chi connectivity index (χ1v) is 6.25. The van der Waals surface area contributed by atoms with Gasteiger partial charge in [-0.25, -0.2) is 0 Å². The smallest absolute Gasteiger partial charge is 0.307 e. The second-order valence-corrected chi connectivity index (χ2v) is 5.28. The predicted octanol–water partition coefficient (Wildman–Crippen LogP) is 2.24. The molecule has 0 aromatic rings. The van der Waals surface area contributed by atoms with Crippen LogP contribution < -0.4 is 0 Å². The SMILES string of the molecule is O=C(O)C(C1CCCC1)C1CSC1. The first kappa shape index (κ1) is 9.38. The zero-order valence-corrected chi connectivity index (χ0v) is 8.55. The molecule has 0 radical (unpaired) electrons. The van der Waals surface area contributed by atoms with Crippen LogP contribution in [0.4, 0.5) is 0 Å². The van der Waals surface area contributed by atoms with Crippen LogP contribution in [0.5, 0.6) is 0 Å². The van der Waals surface area contributed by atoms with E-state index in [9.17, 15) is 4.79 Å². The highest BCUT2D eigenvalue weighted by Gasteiger charge is 2.39. The number of hydrogen-bond donors (Lipinski definition) is 1. The van der Waals surface area contributed by atoms with Gasteiger partial charge in [0.05, 0.1) is 5.92 Å². The van der Waals surface area contributed by atoms with Gasteiger partial charge in [0.2, 0.25) is 0 Å². The molecule has 0 aromatic carbocycles. The maximum atomic E-state index is 11.1. The Morgan fingerprint density at radius 3 is 2.23 bits per heavy atom. The van der Waals surface area contributed by atoms with E-state index in [1.165, 1.54) is 12.8 Å². The maximum absolute atomic E-state index is 11.1. The van der Waals surface area contributed by atoms with E-state index >= 15 is 0 Å². The van der Waals surface area contributed by atoms with E-state index in [4.69, 9.17) is 5.11 Å². The molecule has 1 atom stereocenters. The third kappa shape index (κ3) is 1.85. The number of thioether (sulfide) groups is 1. The van der Waals surface area contributed by atoms with E-state index in [-0.39, 0.29) is 5.92 Å². The molecule has 2 nitrogen and oxygen atoms in total. The van der Waals surface area contributed by atoms with Crippen molar-refractivity contribution in [2.45, 2.75) is 25.7 Å². The van der Waals surface area contributed by atoms with Crippen molar-refractivity contribution in [3.63, 3.8) is 0 Å². The Balaban J connectivity index is 1.98. The molecule has 0 spiro atoms. The van der Waals surface area contributed by atoms with Crippen molar-refractivity contribution in [1.29, 1.82) is 0 Å². The normalized spacial score (nSPS) is 27.1. The minimum atomic E-state index is -0.544. The highest BCUT2D eigenvalue weighted by Crippen LogP contribution is 2.41. The second-order valence-electron chi connectivity index (χ2n) is 4.21. The van der Waals surface area contributed by atoms with Crippen molar-refractivity contribution in [2.24, 2.45) is 17.8 Å². The molecule has 1 saturated carbocycles. The summed E-state index contributed by atoms with van der Waals surface area (Å²) in [5.41, 5.74) is 0. The van der Waals surface area contributed by atoms with Crippen LogP contribution in [0.3, 0.4) is 0 Å². The first-order chi connectivity index (χ1) is 6.29. The lowest BCUT2D eigenvalue weighted by Gasteiger charge is -2.34. The van der Waals surface area contributed by atoms with Crippen LogP contribution in [-0.2, 0) is 4.79 Å². The molecule has 1 aliphatic carbocycles. The van der Waals surface area contributed by atoms with Gasteiger partial charge in [0.25, 0.3) is 0 Å². The molecule has 1 aliphatic heterocycles. The zero-order chi connectivity index (χ0) is 9.26. The molecule has 1 saturated heterocycles. The minimum absolute atomic E-state index is 0.0243. The molecule has 1 unspecified atom stereocenters. The minimum Gasteiger partial charge on any atom is -0.481 e. The van der Waals surface area contributed by atoms with Gasteiger partial charge in [-0.1, -0.05) is 12.8 Å². The Morgan fingerprint density at radius 1 is 1.23 bits per heavy atom. The van der Waals surface area contributed by atoms with Crippen LogP contribution in [-0.4, -0.2) is 22.6 Å². The van der Waals surface area contributed by atoms with Gasteiger partial charge in [-0.05, 0) is 36.2 Å². The Hall–Kier alpha value is -0.180. The largest absolute Gasteiger partial charge is 0.481 e. The molecule has 2 rings (SSSR count). The molecule has 13 heavy (non-hydrogen) atoms. The zero-order valence-electron chi connectivity index (χ0n) is 7.74. The van der Waals surface area contributed by atoms with Crippen LogP contribution in [0.25, 0.3) is 0 Å². The van der Waals surface area contributed by atoms with Gasteiger partial charge < -0.3 is 5.11 Å². The van der Waals surface area contributed by atoms with Gasteiger partial charge in [0.15, 0.2) is 0 Å². The molecular weight excluding hydrogens is 184 g/mol. The summed E-state index contributed by atoms with van der Waals surface area (Å²) in [7, 11) is 0. The fourth-order valence-electron chi connectivity index (χ4n) is 2.57. The van der Waals surface area contributed by atoms with Gasteiger partial charge in [0.1, 0.15) is 0 Å². The average Bonchev–Trinajstić information content (AvgIpc) is 2.46. The Bertz CT molecular complexity index is 195. The summed E-state index contributed by atoms with van der Waals surface area (Å²) in [4.78, 5) is 11.1. The maximum Gasteiger partial charge on any atom is 0.307 e. The second kappa shape index (κ2) is 3.91. The number of carboxylic acids is 1. The fraction of sp³-hybridized carbons (Fsp3) is 0.900. The third-order valence-corrected chi connectivity index (χ3v) is 4.69. The number of aliphatic carboxylic acids is 1. The molecule has 2 aliphatic rings. The summed E-state index contributed by atoms with van der Waals surface area (Å²) < 4.78 is 0. The Kier molecular flexibility index (Phi) is 2.82. The van der Waals surface area contributed by atoms with Gasteiger partial charge in [-0.3, -0.25) is 4.79 Å². The lowest BCUT2D eigenvalue weighted by atomic mass is 9.82. The Labute approximate surface area is 83.1 Å². The van der Waals surface area contributed by atoms with Gasteiger partial charge in [-0.15, -0.1) is 0 Å². The molecule has 74 valence electrons. The first-order valence-electron chi connectivity index (χ1n) is 5.09. The number of carboxylic acid groups (broad SMARTS) is 1. The fourth-order valence-corrected chi connectivity index (χ4v) is 3.49. The molecule has 2 fully saturated rings. The Morgan fingerprint density at radius 2 is 1.85 bits per heavy atom. The van der Waals surface area contributed by atoms with Crippen molar-refractivity contribution in [3.8, 4) is 0 Å². The third-order valence-electron chi connectivity index (χ3n) is 3.36. The summed E-state index contributed by atoms with van der Waals surface area (Å²) in [6, 6.07) is 0. The molecule has 3 heteroatoms. The van der Waals surface area contributed by atoms with Crippen LogP contribution >= 0.6 is 11.8 Å². The highest BCUT2D eigenvalue weighted by molar-refractivity contribution is 8.00. The summed E-state index contributed by atoms with van der Waals surface area (Å²) in [5.74, 6) is 2.55. The van der Waals surface area contributed by atoms with Crippen LogP contribution in [0, 0.1) is 17.8 Å². The van der Waals surface area contributed by atoms with E-state index in [1.54, 1.807) is 0 Å². The molecule has 1 heterocycles. The summed E-state index contributed by atoms with van der Waals surface area (Å²) in [6.45, 7) is 0. The van der Waals surface area contributed by atoms with E-state index in [0.717, 1.165) is 24.3 Å². The van der Waals surface area contributed by atoms with Crippen LogP contribution in [0.1, 0.15) is 25.7 Å². The molecule has 0 aromatic heterocycles. The molecule has 1 N–H and O–H groups in total. The highest BCUT2D eigenvalue weighted by atomic mass is 32.2. The average molecular weight is 200 g/mol. The number of hydrogen-bond acceptors (Lipinski definition) is 2. The van der Waals surface area contributed by atoms with E-state index in [2.05, 4.69) is 0 Å². The summed E-state index contributed by atoms with van der Waals surface area (Å²) in [6.07, 6.45) is 4.79. The van der Waals surface area contributed by atoms with E-state index in [0.29, 0.717) is 11.8 Å². The standard InChI is InChI=1S/C10H16O2S/c11-10(12)9(8-5-13-6-8)7-3-1-2-4-7/h7-9H,1-6H2,(H,11,12). The van der Waals surface area contributed by atoms with Crippen molar-refractivity contribution in [2.75, 3.05) is 11.5 Å². The predicted molar refractivity (Wildman–Crippen MR) is 53.9 cm³/mol. The van der Waals surface area contributed by atoms with E-state index < -0.39 is 5.97 Å². The molecular formula is C10H16O2S. The monoisotopic (exact) mass is 200 g/mol. The van der Waals surface area contributed by atoms with Gasteiger partial charge in [0, 0.05) is 0 Å². The molecule has 0 bridgehead atoms. The van der Waals surface area contributed by atoms with Crippen LogP contribution in [0.2, 0.25) is 0 Å². The number of rotatable bonds is 3. The summed E-state index contributed by atoms with van der Waals surface area (Å²) >= 11 is 1.89. The van der Waals surface area contributed by atoms with Crippen molar-refractivity contribution >= 4 is 17.7 Å².